The van der Waals surface area contributed by atoms with Gasteiger partial charge < -0.3 is 9.32 Å². The first-order valence-corrected chi connectivity index (χ1v) is 11.6. The van der Waals surface area contributed by atoms with Crippen molar-refractivity contribution < 1.29 is 18.0 Å². The summed E-state index contributed by atoms with van der Waals surface area (Å²) in [5.74, 6) is -0.213. The molecule has 1 unspecified atom stereocenters. The molecular weight excluding hydrogens is 428 g/mol. The number of likely N-dealkylation sites (N-methyl/N-ethyl adjacent to an activating group) is 1. The number of hydrogen-bond donors (Lipinski definition) is 0. The lowest BCUT2D eigenvalue weighted by Gasteiger charge is -2.39. The highest BCUT2D eigenvalue weighted by Crippen LogP contribution is 2.49. The lowest BCUT2D eigenvalue weighted by atomic mass is 9.76. The molecule has 0 bridgehead atoms. The Morgan fingerprint density at radius 1 is 1.21 bits per heavy atom. The lowest BCUT2D eigenvalue weighted by molar-refractivity contribution is -0.130. The maximum absolute atomic E-state index is 13.6. The molecule has 0 saturated carbocycles. The number of likely N-dealkylation sites (tertiary alicyclic amines) is 2. The van der Waals surface area contributed by atoms with E-state index in [0.717, 1.165) is 44.5 Å². The second kappa shape index (κ2) is 9.46. The Bertz CT molecular complexity index is 985. The summed E-state index contributed by atoms with van der Waals surface area (Å²) in [6.45, 7) is 7.48. The molecule has 0 N–H and O–H groups in total. The highest BCUT2D eigenvalue weighted by molar-refractivity contribution is 5.77. The zero-order valence-electron chi connectivity index (χ0n) is 19.9. The molecule has 1 atom stereocenters. The summed E-state index contributed by atoms with van der Waals surface area (Å²) in [5, 5.41) is 8.54. The summed E-state index contributed by atoms with van der Waals surface area (Å²) in [6.07, 6.45) is 2.79. The lowest BCUT2D eigenvalue weighted by Crippen LogP contribution is -2.42. The SMILES string of the molecule is CC(C)c1nnc(C2CC3(CCN(Cc4ccc(F)c(F)c4)CC3)CN2CC(=O)N(C)C)o1. The van der Waals surface area contributed by atoms with Crippen LogP contribution in [0.2, 0.25) is 0 Å². The topological polar surface area (TPSA) is 65.7 Å². The summed E-state index contributed by atoms with van der Waals surface area (Å²) in [7, 11) is 3.53. The van der Waals surface area contributed by atoms with Crippen molar-refractivity contribution in [2.24, 2.45) is 5.41 Å². The van der Waals surface area contributed by atoms with Gasteiger partial charge in [0.2, 0.25) is 17.7 Å². The smallest absolute Gasteiger partial charge is 0.236 e. The van der Waals surface area contributed by atoms with E-state index in [0.29, 0.717) is 24.9 Å². The molecule has 3 heterocycles. The van der Waals surface area contributed by atoms with Crippen LogP contribution in [0.5, 0.6) is 0 Å². The number of aromatic nitrogens is 2. The fraction of sp³-hybridized carbons (Fsp3) is 0.625. The van der Waals surface area contributed by atoms with Crippen molar-refractivity contribution in [1.82, 2.24) is 24.9 Å². The first-order chi connectivity index (χ1) is 15.7. The second-order valence-corrected chi connectivity index (χ2v) is 10.1. The van der Waals surface area contributed by atoms with Gasteiger partial charge in [-0.15, -0.1) is 10.2 Å². The van der Waals surface area contributed by atoms with Gasteiger partial charge in [0.15, 0.2) is 11.6 Å². The highest BCUT2D eigenvalue weighted by atomic mass is 19.2. The summed E-state index contributed by atoms with van der Waals surface area (Å²) >= 11 is 0. The first kappa shape index (κ1) is 23.8. The number of halogens is 2. The van der Waals surface area contributed by atoms with Crippen molar-refractivity contribution in [2.45, 2.75) is 51.6 Å². The molecule has 1 aromatic carbocycles. The number of carbonyl (C=O) groups is 1. The van der Waals surface area contributed by atoms with E-state index in [4.69, 9.17) is 4.42 Å². The predicted octanol–water partition coefficient (Wildman–Crippen LogP) is 3.59. The normalized spacial score (nSPS) is 21.2. The van der Waals surface area contributed by atoms with E-state index >= 15 is 0 Å². The molecular formula is C24H33F2N5O2. The molecule has 2 aliphatic rings. The van der Waals surface area contributed by atoms with Gasteiger partial charge in [0.05, 0.1) is 12.6 Å². The zero-order chi connectivity index (χ0) is 23.8. The van der Waals surface area contributed by atoms with Crippen LogP contribution in [0, 0.1) is 17.0 Å². The van der Waals surface area contributed by atoms with Gasteiger partial charge in [0.1, 0.15) is 0 Å². The molecule has 7 nitrogen and oxygen atoms in total. The van der Waals surface area contributed by atoms with Crippen LogP contribution >= 0.6 is 0 Å². The monoisotopic (exact) mass is 461 g/mol. The standard InChI is InChI=1S/C24H33F2N5O2/c1-16(2)22-27-28-23(33-22)20-12-24(15-31(20)14-21(32)29(3)4)7-9-30(10-8-24)13-17-5-6-18(25)19(26)11-17/h5-6,11,16,20H,7-10,12-15H2,1-4H3. The van der Waals surface area contributed by atoms with Gasteiger partial charge in [-0.3, -0.25) is 14.6 Å². The summed E-state index contributed by atoms with van der Waals surface area (Å²) in [4.78, 5) is 18.6. The summed E-state index contributed by atoms with van der Waals surface area (Å²) in [5.41, 5.74) is 0.841. The Balaban J connectivity index is 1.46. The fourth-order valence-electron chi connectivity index (χ4n) is 4.93. The minimum atomic E-state index is -0.817. The van der Waals surface area contributed by atoms with E-state index in [-0.39, 0.29) is 23.3 Å². The van der Waals surface area contributed by atoms with Gasteiger partial charge in [-0.2, -0.15) is 0 Å². The van der Waals surface area contributed by atoms with Crippen molar-refractivity contribution in [3.8, 4) is 0 Å². The molecule has 33 heavy (non-hydrogen) atoms. The molecule has 4 rings (SSSR count). The number of hydrogen-bond acceptors (Lipinski definition) is 6. The summed E-state index contributed by atoms with van der Waals surface area (Å²) in [6, 6.07) is 4.03. The molecule has 0 aliphatic carbocycles. The molecule has 2 fully saturated rings. The van der Waals surface area contributed by atoms with E-state index in [1.165, 1.54) is 12.1 Å². The molecule has 9 heteroatoms. The molecule has 1 amide bonds. The maximum Gasteiger partial charge on any atom is 0.236 e. The molecule has 180 valence electrons. The highest BCUT2D eigenvalue weighted by Gasteiger charge is 2.48. The third kappa shape index (κ3) is 5.24. The van der Waals surface area contributed by atoms with Crippen molar-refractivity contribution in [3.05, 3.63) is 47.2 Å². The van der Waals surface area contributed by atoms with Crippen molar-refractivity contribution in [3.63, 3.8) is 0 Å². The minimum absolute atomic E-state index is 0.0522. The third-order valence-electron chi connectivity index (χ3n) is 6.98. The Labute approximate surface area is 193 Å². The Kier molecular flexibility index (Phi) is 6.81. The Morgan fingerprint density at radius 3 is 2.55 bits per heavy atom. The Hall–Kier alpha value is -2.39. The van der Waals surface area contributed by atoms with Crippen LogP contribution in [0.1, 0.15) is 62.4 Å². The van der Waals surface area contributed by atoms with Crippen LogP contribution in [-0.2, 0) is 11.3 Å². The molecule has 2 aromatic rings. The number of carbonyl (C=O) groups excluding carboxylic acids is 1. The maximum atomic E-state index is 13.6. The number of nitrogens with zero attached hydrogens (tertiary/aromatic N) is 5. The quantitative estimate of drug-likeness (QED) is 0.655. The molecule has 0 radical (unpaired) electrons. The van der Waals surface area contributed by atoms with E-state index in [1.807, 2.05) is 13.8 Å². The van der Waals surface area contributed by atoms with Crippen LogP contribution in [-0.4, -0.2) is 71.1 Å². The van der Waals surface area contributed by atoms with Gasteiger partial charge in [0, 0.05) is 33.1 Å². The fourth-order valence-corrected chi connectivity index (χ4v) is 4.93. The summed E-state index contributed by atoms with van der Waals surface area (Å²) < 4.78 is 32.8. The van der Waals surface area contributed by atoms with Crippen LogP contribution in [0.3, 0.4) is 0 Å². The third-order valence-corrected chi connectivity index (χ3v) is 6.98. The zero-order valence-corrected chi connectivity index (χ0v) is 19.9. The average molecular weight is 462 g/mol. The largest absolute Gasteiger partial charge is 0.423 e. The van der Waals surface area contributed by atoms with Crippen LogP contribution in [0.4, 0.5) is 8.78 Å². The number of rotatable bonds is 6. The van der Waals surface area contributed by atoms with Gasteiger partial charge in [-0.1, -0.05) is 19.9 Å². The van der Waals surface area contributed by atoms with Crippen LogP contribution in [0.25, 0.3) is 0 Å². The van der Waals surface area contributed by atoms with Crippen LogP contribution in [0.15, 0.2) is 22.6 Å². The first-order valence-electron chi connectivity index (χ1n) is 11.6. The van der Waals surface area contributed by atoms with Crippen molar-refractivity contribution in [2.75, 3.05) is 40.3 Å². The number of amides is 1. The number of piperidine rings is 1. The van der Waals surface area contributed by atoms with Gasteiger partial charge >= 0.3 is 0 Å². The Morgan fingerprint density at radius 2 is 1.94 bits per heavy atom. The van der Waals surface area contributed by atoms with Gasteiger partial charge in [-0.05, 0) is 55.5 Å². The van der Waals surface area contributed by atoms with Gasteiger partial charge in [-0.25, -0.2) is 8.78 Å². The van der Waals surface area contributed by atoms with E-state index < -0.39 is 11.6 Å². The van der Waals surface area contributed by atoms with E-state index in [2.05, 4.69) is 20.0 Å². The van der Waals surface area contributed by atoms with E-state index in [1.54, 1.807) is 25.1 Å². The van der Waals surface area contributed by atoms with Crippen molar-refractivity contribution >= 4 is 5.91 Å². The molecule has 1 spiro atoms. The van der Waals surface area contributed by atoms with Gasteiger partial charge in [0.25, 0.3) is 0 Å². The molecule has 2 saturated heterocycles. The molecule has 1 aromatic heterocycles. The second-order valence-electron chi connectivity index (χ2n) is 10.1. The van der Waals surface area contributed by atoms with Crippen molar-refractivity contribution in [1.29, 1.82) is 0 Å². The van der Waals surface area contributed by atoms with Crippen LogP contribution < -0.4 is 0 Å². The average Bonchev–Trinajstić information content (AvgIpc) is 3.38. The molecule has 2 aliphatic heterocycles. The number of benzene rings is 1. The predicted molar refractivity (Wildman–Crippen MR) is 119 cm³/mol. The van der Waals surface area contributed by atoms with E-state index in [9.17, 15) is 13.6 Å². The minimum Gasteiger partial charge on any atom is -0.423 e.